The van der Waals surface area contributed by atoms with Crippen molar-refractivity contribution >= 4 is 23.6 Å². The number of fused-ring (bicyclic) bond motifs is 1. The highest BCUT2D eigenvalue weighted by atomic mass is 19.1. The van der Waals surface area contributed by atoms with Crippen molar-refractivity contribution in [2.24, 2.45) is 0 Å². The highest BCUT2D eigenvalue weighted by Gasteiger charge is 2.32. The first-order valence-corrected chi connectivity index (χ1v) is 11.8. The summed E-state index contributed by atoms with van der Waals surface area (Å²) in [5, 5.41) is 2.34. The minimum atomic E-state index is -0.943. The molecule has 9 nitrogen and oxygen atoms in total. The van der Waals surface area contributed by atoms with Crippen LogP contribution in [0.5, 0.6) is 0 Å². The van der Waals surface area contributed by atoms with Crippen LogP contribution >= 0.6 is 0 Å². The Morgan fingerprint density at radius 3 is 2.41 bits per heavy atom. The van der Waals surface area contributed by atoms with Crippen molar-refractivity contribution in [2.75, 3.05) is 26.7 Å². The Balaban J connectivity index is 1.69. The summed E-state index contributed by atoms with van der Waals surface area (Å²) in [6, 6.07) is 5.51. The molecule has 37 heavy (non-hydrogen) atoms. The number of ether oxygens (including phenoxy) is 1. The van der Waals surface area contributed by atoms with E-state index in [1.807, 2.05) is 13.0 Å². The van der Waals surface area contributed by atoms with Crippen molar-refractivity contribution in [3.05, 3.63) is 58.9 Å². The standard InChI is InChI=1S/C26H29F2N5O4/c1-15-6-7-33-19(13-31-8-9-32(14-21(31)34)25(36)37-26(2,3)4)23(30-20(33)10-15)22-17(27)11-16(12-18(22)28)24(35)29-5/h6-7,10-12H,8-9,13-14H2,1-5H3,(H,29,35). The summed E-state index contributed by atoms with van der Waals surface area (Å²) in [6.07, 6.45) is 1.15. The molecule has 0 bridgehead atoms. The van der Waals surface area contributed by atoms with Crippen LogP contribution in [0.2, 0.25) is 0 Å². The van der Waals surface area contributed by atoms with E-state index in [-0.39, 0.29) is 48.9 Å². The van der Waals surface area contributed by atoms with Gasteiger partial charge in [0, 0.05) is 31.9 Å². The first kappa shape index (κ1) is 26.1. The Morgan fingerprint density at radius 2 is 1.81 bits per heavy atom. The fraction of sp³-hybridized carbons (Fsp3) is 0.385. The van der Waals surface area contributed by atoms with Gasteiger partial charge in [-0.3, -0.25) is 14.5 Å². The topological polar surface area (TPSA) is 96.3 Å². The summed E-state index contributed by atoms with van der Waals surface area (Å²) >= 11 is 0. The lowest BCUT2D eigenvalue weighted by atomic mass is 10.0. The third kappa shape index (κ3) is 5.40. The van der Waals surface area contributed by atoms with Crippen LogP contribution in [0.3, 0.4) is 0 Å². The van der Waals surface area contributed by atoms with Crippen LogP contribution in [0.4, 0.5) is 13.6 Å². The molecule has 1 N–H and O–H groups in total. The highest BCUT2D eigenvalue weighted by Crippen LogP contribution is 2.32. The molecule has 3 aromatic rings. The van der Waals surface area contributed by atoms with E-state index in [0.717, 1.165) is 17.7 Å². The smallest absolute Gasteiger partial charge is 0.410 e. The molecular weight excluding hydrogens is 484 g/mol. The van der Waals surface area contributed by atoms with Gasteiger partial charge in [0.15, 0.2) is 0 Å². The number of nitrogens with zero attached hydrogens (tertiary/aromatic N) is 4. The number of piperazine rings is 1. The first-order chi connectivity index (χ1) is 17.4. The molecule has 3 heterocycles. The number of pyridine rings is 1. The van der Waals surface area contributed by atoms with E-state index in [4.69, 9.17) is 4.74 Å². The van der Waals surface area contributed by atoms with Gasteiger partial charge in [-0.1, -0.05) is 0 Å². The van der Waals surface area contributed by atoms with Crippen molar-refractivity contribution in [1.82, 2.24) is 24.5 Å². The van der Waals surface area contributed by atoms with E-state index in [9.17, 15) is 14.4 Å². The number of aromatic nitrogens is 2. The van der Waals surface area contributed by atoms with Crippen LogP contribution in [0.25, 0.3) is 16.9 Å². The van der Waals surface area contributed by atoms with Gasteiger partial charge in [0.1, 0.15) is 35.1 Å². The van der Waals surface area contributed by atoms with E-state index in [2.05, 4.69) is 10.3 Å². The fourth-order valence-electron chi connectivity index (χ4n) is 4.16. The SMILES string of the molecule is CNC(=O)c1cc(F)c(-c2nc3cc(C)ccn3c2CN2CCN(C(=O)OC(C)(C)C)CC2=O)c(F)c1. The Hall–Kier alpha value is -4.02. The molecule has 1 fully saturated rings. The van der Waals surface area contributed by atoms with Gasteiger partial charge in [0.05, 0.1) is 17.8 Å². The summed E-state index contributed by atoms with van der Waals surface area (Å²) in [5.41, 5.74) is 0.556. The number of halogens is 2. The number of hydrogen-bond donors (Lipinski definition) is 1. The van der Waals surface area contributed by atoms with Gasteiger partial charge in [0.2, 0.25) is 5.91 Å². The molecule has 2 aromatic heterocycles. The zero-order chi connectivity index (χ0) is 27.1. The third-order valence-electron chi connectivity index (χ3n) is 5.96. The lowest BCUT2D eigenvalue weighted by molar-refractivity contribution is -0.136. The lowest BCUT2D eigenvalue weighted by Crippen LogP contribution is -2.52. The number of imidazole rings is 1. The van der Waals surface area contributed by atoms with Crippen molar-refractivity contribution in [3.63, 3.8) is 0 Å². The van der Waals surface area contributed by atoms with Crippen molar-refractivity contribution in [1.29, 1.82) is 0 Å². The number of rotatable bonds is 4. The predicted molar refractivity (Wildman–Crippen MR) is 132 cm³/mol. The zero-order valence-electron chi connectivity index (χ0n) is 21.4. The average Bonchev–Trinajstić information content (AvgIpc) is 3.14. The fourth-order valence-corrected chi connectivity index (χ4v) is 4.16. The van der Waals surface area contributed by atoms with Gasteiger partial charge >= 0.3 is 6.09 Å². The Bertz CT molecular complexity index is 1370. The molecule has 0 spiro atoms. The second kappa shape index (κ2) is 9.79. The summed E-state index contributed by atoms with van der Waals surface area (Å²) in [7, 11) is 1.37. The van der Waals surface area contributed by atoms with E-state index < -0.39 is 29.2 Å². The molecule has 0 aliphatic carbocycles. The van der Waals surface area contributed by atoms with Crippen LogP contribution in [0, 0.1) is 18.6 Å². The third-order valence-corrected chi connectivity index (χ3v) is 5.96. The molecule has 4 rings (SSSR count). The van der Waals surface area contributed by atoms with Crippen LogP contribution in [0.1, 0.15) is 42.4 Å². The number of amides is 3. The van der Waals surface area contributed by atoms with Gasteiger partial charge in [-0.05, 0) is 57.5 Å². The Labute approximate surface area is 213 Å². The maximum Gasteiger partial charge on any atom is 0.410 e. The molecule has 1 saturated heterocycles. The monoisotopic (exact) mass is 513 g/mol. The van der Waals surface area contributed by atoms with Crippen LogP contribution in [-0.2, 0) is 16.1 Å². The van der Waals surface area contributed by atoms with Gasteiger partial charge in [-0.2, -0.15) is 0 Å². The molecule has 0 radical (unpaired) electrons. The molecular formula is C26H29F2N5O4. The lowest BCUT2D eigenvalue weighted by Gasteiger charge is -2.35. The molecule has 0 atom stereocenters. The summed E-state index contributed by atoms with van der Waals surface area (Å²) in [5.74, 6) is -2.84. The molecule has 1 aromatic carbocycles. The first-order valence-electron chi connectivity index (χ1n) is 11.8. The van der Waals surface area contributed by atoms with Crippen LogP contribution in [0.15, 0.2) is 30.5 Å². The molecule has 0 saturated carbocycles. The van der Waals surface area contributed by atoms with Crippen molar-refractivity contribution in [3.8, 4) is 11.3 Å². The highest BCUT2D eigenvalue weighted by molar-refractivity contribution is 5.94. The molecule has 0 unspecified atom stereocenters. The summed E-state index contributed by atoms with van der Waals surface area (Å²) in [6.45, 7) is 7.39. The quantitative estimate of drug-likeness (QED) is 0.576. The normalized spacial score (nSPS) is 14.3. The number of benzene rings is 1. The average molecular weight is 514 g/mol. The maximum atomic E-state index is 15.2. The second-order valence-electron chi connectivity index (χ2n) is 9.95. The van der Waals surface area contributed by atoms with E-state index >= 15 is 8.78 Å². The van der Waals surface area contributed by atoms with Crippen LogP contribution < -0.4 is 5.32 Å². The largest absolute Gasteiger partial charge is 0.444 e. The Morgan fingerprint density at radius 1 is 1.14 bits per heavy atom. The number of aryl methyl sites for hydroxylation is 1. The Kier molecular flexibility index (Phi) is 6.90. The number of nitrogens with one attached hydrogen (secondary N) is 1. The predicted octanol–water partition coefficient (Wildman–Crippen LogP) is 3.53. The number of carbonyl (C=O) groups excluding carboxylic acids is 3. The minimum Gasteiger partial charge on any atom is -0.444 e. The number of hydrogen-bond acceptors (Lipinski definition) is 5. The maximum absolute atomic E-state index is 15.2. The van der Waals surface area contributed by atoms with E-state index in [1.165, 1.54) is 16.8 Å². The molecule has 1 aliphatic heterocycles. The van der Waals surface area contributed by atoms with Gasteiger partial charge in [0.25, 0.3) is 5.91 Å². The number of carbonyl (C=O) groups is 3. The zero-order valence-corrected chi connectivity index (χ0v) is 21.4. The summed E-state index contributed by atoms with van der Waals surface area (Å²) < 4.78 is 37.5. The van der Waals surface area contributed by atoms with Gasteiger partial charge < -0.3 is 19.4 Å². The summed E-state index contributed by atoms with van der Waals surface area (Å²) in [4.78, 5) is 44.6. The molecule has 1 aliphatic rings. The van der Waals surface area contributed by atoms with Crippen molar-refractivity contribution < 1.29 is 27.9 Å². The van der Waals surface area contributed by atoms with E-state index in [1.54, 1.807) is 37.4 Å². The van der Waals surface area contributed by atoms with Gasteiger partial charge in [-0.25, -0.2) is 18.6 Å². The molecule has 11 heteroatoms. The minimum absolute atomic E-state index is 0.0105. The molecule has 196 valence electrons. The van der Waals surface area contributed by atoms with Gasteiger partial charge in [-0.15, -0.1) is 0 Å². The van der Waals surface area contributed by atoms with Crippen molar-refractivity contribution in [2.45, 2.75) is 39.8 Å². The van der Waals surface area contributed by atoms with E-state index in [0.29, 0.717) is 11.3 Å². The second-order valence-corrected chi connectivity index (χ2v) is 9.95. The molecule has 3 amide bonds. The van der Waals surface area contributed by atoms with Crippen LogP contribution in [-0.4, -0.2) is 69.4 Å².